The first-order valence-corrected chi connectivity index (χ1v) is 6.69. The van der Waals surface area contributed by atoms with Gasteiger partial charge in [-0.2, -0.15) is 0 Å². The number of nitro groups is 1. The largest absolute Gasteiger partial charge is 0.381 e. The second kappa shape index (κ2) is 6.10. The van der Waals surface area contributed by atoms with Crippen LogP contribution in [0.4, 0.5) is 15.8 Å². The van der Waals surface area contributed by atoms with E-state index < -0.39 is 4.92 Å². The van der Waals surface area contributed by atoms with Gasteiger partial charge in [0.15, 0.2) is 0 Å². The van der Waals surface area contributed by atoms with E-state index in [2.05, 4.69) is 5.32 Å². The summed E-state index contributed by atoms with van der Waals surface area (Å²) < 4.78 is 13.7. The number of nitrogens with one attached hydrogen (secondary N) is 1. The lowest BCUT2D eigenvalue weighted by molar-refractivity contribution is -0.385. The molecule has 0 radical (unpaired) electrons. The number of nitrogens with zero attached hydrogens (tertiary/aromatic N) is 1. The number of aryl methyl sites for hydroxylation is 2. The molecule has 0 bridgehead atoms. The molecule has 0 unspecified atom stereocenters. The summed E-state index contributed by atoms with van der Waals surface area (Å²) in [5.74, 6) is -0.383. The van der Waals surface area contributed by atoms with Gasteiger partial charge in [0.05, 0.1) is 4.92 Å². The molecular weight excluding hydrogens is 295 g/mol. The smallest absolute Gasteiger partial charge is 0.272 e. The molecule has 2 aromatic rings. The van der Waals surface area contributed by atoms with Gasteiger partial charge in [0, 0.05) is 34.4 Å². The quantitative estimate of drug-likeness (QED) is 0.662. The van der Waals surface area contributed by atoms with Gasteiger partial charge in [-0.3, -0.25) is 10.1 Å². The van der Waals surface area contributed by atoms with Gasteiger partial charge < -0.3 is 5.32 Å². The summed E-state index contributed by atoms with van der Waals surface area (Å²) >= 11 is 5.70. The average Bonchev–Trinajstić information content (AvgIpc) is 2.40. The summed E-state index contributed by atoms with van der Waals surface area (Å²) in [7, 11) is 0. The molecule has 0 aliphatic rings. The van der Waals surface area contributed by atoms with Crippen LogP contribution in [0.5, 0.6) is 0 Å². The summed E-state index contributed by atoms with van der Waals surface area (Å²) in [6.45, 7) is 3.72. The van der Waals surface area contributed by atoms with E-state index in [1.807, 2.05) is 0 Å². The Morgan fingerprint density at radius 1 is 1.24 bits per heavy atom. The van der Waals surface area contributed by atoms with Crippen molar-refractivity contribution in [3.8, 4) is 0 Å². The Morgan fingerprint density at radius 3 is 2.57 bits per heavy atom. The molecule has 4 nitrogen and oxygen atoms in total. The summed E-state index contributed by atoms with van der Waals surface area (Å²) in [6, 6.07) is 7.69. The van der Waals surface area contributed by atoms with Crippen molar-refractivity contribution < 1.29 is 9.31 Å². The van der Waals surface area contributed by atoms with Crippen LogP contribution in [0, 0.1) is 29.8 Å². The predicted octanol–water partition coefficient (Wildman–Crippen LogP) is 4.62. The van der Waals surface area contributed by atoms with Gasteiger partial charge in [-0.05, 0) is 37.6 Å². The zero-order valence-corrected chi connectivity index (χ0v) is 12.4. The van der Waals surface area contributed by atoms with Crippen molar-refractivity contribution in [2.45, 2.75) is 20.4 Å². The second-order valence-corrected chi connectivity index (χ2v) is 5.24. The van der Waals surface area contributed by atoms with E-state index >= 15 is 0 Å². The molecule has 21 heavy (non-hydrogen) atoms. The second-order valence-electron chi connectivity index (χ2n) is 4.80. The first kappa shape index (κ1) is 15.3. The van der Waals surface area contributed by atoms with E-state index in [0.29, 0.717) is 16.1 Å². The molecule has 0 heterocycles. The summed E-state index contributed by atoms with van der Waals surface area (Å²) in [5, 5.41) is 14.3. The maximum atomic E-state index is 13.7. The maximum Gasteiger partial charge on any atom is 0.272 e. The molecule has 0 fully saturated rings. The van der Waals surface area contributed by atoms with Crippen LogP contribution in [-0.2, 0) is 6.54 Å². The number of halogens is 2. The van der Waals surface area contributed by atoms with Gasteiger partial charge in [-0.1, -0.05) is 17.7 Å². The Bertz CT molecular complexity index is 704. The van der Waals surface area contributed by atoms with Gasteiger partial charge in [0.1, 0.15) is 5.82 Å². The van der Waals surface area contributed by atoms with Crippen molar-refractivity contribution >= 4 is 23.0 Å². The molecule has 6 heteroatoms. The zero-order chi connectivity index (χ0) is 15.6. The molecule has 0 spiro atoms. The van der Waals surface area contributed by atoms with Crippen molar-refractivity contribution in [1.29, 1.82) is 0 Å². The summed E-state index contributed by atoms with van der Waals surface area (Å²) in [5.41, 5.74) is 2.60. The highest BCUT2D eigenvalue weighted by atomic mass is 35.5. The zero-order valence-electron chi connectivity index (χ0n) is 11.6. The first-order valence-electron chi connectivity index (χ1n) is 6.32. The van der Waals surface area contributed by atoms with Crippen LogP contribution in [0.15, 0.2) is 30.3 Å². The fraction of sp³-hybridized carbons (Fsp3) is 0.200. The normalized spacial score (nSPS) is 10.5. The molecule has 2 rings (SSSR count). The lowest BCUT2D eigenvalue weighted by atomic mass is 10.1. The van der Waals surface area contributed by atoms with Gasteiger partial charge in [0.25, 0.3) is 5.69 Å². The molecule has 110 valence electrons. The third-order valence-corrected chi connectivity index (χ3v) is 3.46. The van der Waals surface area contributed by atoms with Crippen molar-refractivity contribution in [3.63, 3.8) is 0 Å². The van der Waals surface area contributed by atoms with E-state index in [4.69, 9.17) is 11.6 Å². The number of anilines is 1. The number of hydrogen-bond acceptors (Lipinski definition) is 3. The van der Waals surface area contributed by atoms with Crippen LogP contribution in [0.25, 0.3) is 0 Å². The predicted molar refractivity (Wildman–Crippen MR) is 81.3 cm³/mol. The van der Waals surface area contributed by atoms with Crippen LogP contribution in [0.3, 0.4) is 0 Å². The minimum Gasteiger partial charge on any atom is -0.381 e. The van der Waals surface area contributed by atoms with Crippen LogP contribution < -0.4 is 5.32 Å². The number of nitro benzene ring substituents is 1. The standard InChI is InChI=1S/C15H14ClFN2O2/c1-9-6-15(19(20)21)10(2)5-14(9)18-8-11-3-4-12(16)7-13(11)17/h3-7,18H,8H2,1-2H3. The van der Waals surface area contributed by atoms with E-state index in [1.165, 1.54) is 12.1 Å². The number of hydrogen-bond donors (Lipinski definition) is 1. The lowest BCUT2D eigenvalue weighted by Crippen LogP contribution is -2.04. The minimum atomic E-state index is -0.412. The minimum absolute atomic E-state index is 0.0794. The fourth-order valence-electron chi connectivity index (χ4n) is 2.04. The van der Waals surface area contributed by atoms with Gasteiger partial charge >= 0.3 is 0 Å². The van der Waals surface area contributed by atoms with Gasteiger partial charge in [-0.15, -0.1) is 0 Å². The van der Waals surface area contributed by atoms with Crippen LogP contribution >= 0.6 is 11.6 Å². The monoisotopic (exact) mass is 308 g/mol. The maximum absolute atomic E-state index is 13.7. The van der Waals surface area contributed by atoms with Crippen molar-refractivity contribution in [2.75, 3.05) is 5.32 Å². The van der Waals surface area contributed by atoms with Crippen LogP contribution in [0.2, 0.25) is 5.02 Å². The molecule has 0 amide bonds. The Labute approximate surface area is 126 Å². The van der Waals surface area contributed by atoms with Crippen molar-refractivity contribution in [2.24, 2.45) is 0 Å². The number of rotatable bonds is 4. The first-order chi connectivity index (χ1) is 9.88. The molecule has 0 aromatic heterocycles. The molecule has 1 N–H and O–H groups in total. The highest BCUT2D eigenvalue weighted by Crippen LogP contribution is 2.26. The Balaban J connectivity index is 2.20. The van der Waals surface area contributed by atoms with Gasteiger partial charge in [0.2, 0.25) is 0 Å². The molecule has 2 aromatic carbocycles. The topological polar surface area (TPSA) is 55.2 Å². The Kier molecular flexibility index (Phi) is 4.43. The van der Waals surface area contributed by atoms with Gasteiger partial charge in [-0.25, -0.2) is 4.39 Å². The molecule has 0 atom stereocenters. The molecule has 0 aliphatic heterocycles. The molecule has 0 saturated heterocycles. The fourth-order valence-corrected chi connectivity index (χ4v) is 2.20. The van der Waals surface area contributed by atoms with Crippen LogP contribution in [-0.4, -0.2) is 4.92 Å². The van der Waals surface area contributed by atoms with E-state index in [1.54, 1.807) is 32.0 Å². The Hall–Kier alpha value is -2.14. The third kappa shape index (κ3) is 3.49. The highest BCUT2D eigenvalue weighted by molar-refractivity contribution is 6.30. The molecule has 0 aliphatic carbocycles. The summed E-state index contributed by atoms with van der Waals surface area (Å²) in [6.07, 6.45) is 0. The average molecular weight is 309 g/mol. The third-order valence-electron chi connectivity index (χ3n) is 3.22. The number of benzene rings is 2. The summed E-state index contributed by atoms with van der Waals surface area (Å²) in [4.78, 5) is 10.5. The van der Waals surface area contributed by atoms with E-state index in [9.17, 15) is 14.5 Å². The van der Waals surface area contributed by atoms with Crippen LogP contribution in [0.1, 0.15) is 16.7 Å². The van der Waals surface area contributed by atoms with E-state index in [0.717, 1.165) is 11.3 Å². The van der Waals surface area contributed by atoms with E-state index in [-0.39, 0.29) is 18.0 Å². The highest BCUT2D eigenvalue weighted by Gasteiger charge is 2.13. The molecule has 0 saturated carbocycles. The lowest BCUT2D eigenvalue weighted by Gasteiger charge is -2.11. The molecular formula is C15H14ClFN2O2. The van der Waals surface area contributed by atoms with Crippen molar-refractivity contribution in [1.82, 2.24) is 0 Å². The SMILES string of the molecule is Cc1cc([N+](=O)[O-])c(C)cc1NCc1ccc(Cl)cc1F. The Morgan fingerprint density at radius 2 is 1.95 bits per heavy atom. The van der Waals surface area contributed by atoms with Crippen molar-refractivity contribution in [3.05, 3.63) is 68.0 Å².